The van der Waals surface area contributed by atoms with Gasteiger partial charge in [0, 0.05) is 24.4 Å². The summed E-state index contributed by atoms with van der Waals surface area (Å²) in [6.45, 7) is 8.88. The molecule has 1 amide bonds. The van der Waals surface area contributed by atoms with Gasteiger partial charge in [-0.2, -0.15) is 0 Å². The average Bonchev–Trinajstić information content (AvgIpc) is 3.06. The van der Waals surface area contributed by atoms with Gasteiger partial charge in [0.1, 0.15) is 5.60 Å². The van der Waals surface area contributed by atoms with Crippen LogP contribution in [0.3, 0.4) is 0 Å². The van der Waals surface area contributed by atoms with Crippen LogP contribution in [0.1, 0.15) is 55.5 Å². The van der Waals surface area contributed by atoms with Gasteiger partial charge in [-0.05, 0) is 34.1 Å². The predicted octanol–water partition coefficient (Wildman–Crippen LogP) is 3.04. The first-order valence-corrected chi connectivity index (χ1v) is 8.28. The van der Waals surface area contributed by atoms with Gasteiger partial charge in [-0.15, -0.1) is 11.3 Å². The van der Waals surface area contributed by atoms with Crippen molar-refractivity contribution in [2.24, 2.45) is 0 Å². The lowest BCUT2D eigenvalue weighted by molar-refractivity contribution is 0.0292. The Morgan fingerprint density at radius 3 is 2.82 bits per heavy atom. The minimum absolute atomic E-state index is 0.153. The number of ether oxygens (including phenoxy) is 2. The molecule has 2 heterocycles. The molecular formula is C15H22N2O4S. The maximum Gasteiger partial charge on any atom is 0.410 e. The third-order valence-corrected chi connectivity index (χ3v) is 4.20. The molecule has 0 spiro atoms. The first-order chi connectivity index (χ1) is 10.3. The molecule has 1 atom stereocenters. The molecular weight excluding hydrogens is 304 g/mol. The SMILES string of the molecule is CCOC(=O)c1csc(C2CCN(C(=O)OC(C)(C)C)C2)n1. The summed E-state index contributed by atoms with van der Waals surface area (Å²) in [5.41, 5.74) is -0.148. The molecule has 0 aliphatic carbocycles. The molecule has 0 saturated carbocycles. The number of amides is 1. The van der Waals surface area contributed by atoms with E-state index in [1.807, 2.05) is 20.8 Å². The summed E-state index contributed by atoms with van der Waals surface area (Å²) in [4.78, 5) is 29.7. The zero-order chi connectivity index (χ0) is 16.3. The van der Waals surface area contributed by atoms with Crippen LogP contribution in [0.25, 0.3) is 0 Å². The van der Waals surface area contributed by atoms with Gasteiger partial charge in [-0.3, -0.25) is 0 Å². The highest BCUT2D eigenvalue weighted by Gasteiger charge is 2.32. The lowest BCUT2D eigenvalue weighted by Gasteiger charge is -2.24. The number of aromatic nitrogens is 1. The molecule has 0 bridgehead atoms. The van der Waals surface area contributed by atoms with Gasteiger partial charge < -0.3 is 14.4 Å². The second-order valence-corrected chi connectivity index (χ2v) is 7.09. The van der Waals surface area contributed by atoms with E-state index < -0.39 is 11.6 Å². The van der Waals surface area contributed by atoms with E-state index in [-0.39, 0.29) is 12.0 Å². The third kappa shape index (κ3) is 4.19. The molecule has 1 saturated heterocycles. The van der Waals surface area contributed by atoms with Crippen molar-refractivity contribution in [2.75, 3.05) is 19.7 Å². The van der Waals surface area contributed by atoms with Gasteiger partial charge in [0.05, 0.1) is 11.6 Å². The largest absolute Gasteiger partial charge is 0.461 e. The molecule has 1 fully saturated rings. The minimum Gasteiger partial charge on any atom is -0.461 e. The van der Waals surface area contributed by atoms with E-state index in [0.717, 1.165) is 11.4 Å². The zero-order valence-corrected chi connectivity index (χ0v) is 14.2. The van der Waals surface area contributed by atoms with Crippen molar-refractivity contribution >= 4 is 23.4 Å². The van der Waals surface area contributed by atoms with Crippen LogP contribution in [0.15, 0.2) is 5.38 Å². The van der Waals surface area contributed by atoms with Crippen molar-refractivity contribution in [2.45, 2.75) is 45.6 Å². The minimum atomic E-state index is -0.493. The predicted molar refractivity (Wildman–Crippen MR) is 83.2 cm³/mol. The van der Waals surface area contributed by atoms with E-state index in [9.17, 15) is 9.59 Å². The molecule has 0 aromatic carbocycles. The molecule has 122 valence electrons. The molecule has 1 aliphatic rings. The summed E-state index contributed by atoms with van der Waals surface area (Å²) >= 11 is 1.44. The number of hydrogen-bond acceptors (Lipinski definition) is 6. The number of carbonyl (C=O) groups is 2. The van der Waals surface area contributed by atoms with Gasteiger partial charge in [0.15, 0.2) is 5.69 Å². The van der Waals surface area contributed by atoms with Gasteiger partial charge in [0.2, 0.25) is 0 Å². The number of rotatable bonds is 3. The molecule has 1 aliphatic heterocycles. The van der Waals surface area contributed by atoms with Crippen LogP contribution >= 0.6 is 11.3 Å². The van der Waals surface area contributed by atoms with E-state index in [1.165, 1.54) is 11.3 Å². The number of thiazole rings is 1. The van der Waals surface area contributed by atoms with Crippen molar-refractivity contribution in [1.82, 2.24) is 9.88 Å². The fourth-order valence-electron chi connectivity index (χ4n) is 2.23. The highest BCUT2D eigenvalue weighted by Crippen LogP contribution is 2.30. The first kappa shape index (κ1) is 16.7. The molecule has 1 unspecified atom stereocenters. The Balaban J connectivity index is 1.96. The Labute approximate surface area is 134 Å². The highest BCUT2D eigenvalue weighted by atomic mass is 32.1. The summed E-state index contributed by atoms with van der Waals surface area (Å²) in [6.07, 6.45) is 0.534. The second kappa shape index (κ2) is 6.64. The molecule has 1 aromatic heterocycles. The standard InChI is InChI=1S/C15H22N2O4S/c1-5-20-13(18)11-9-22-12(16-11)10-6-7-17(8-10)14(19)21-15(2,3)4/h9-10H,5-8H2,1-4H3. The van der Waals surface area contributed by atoms with Crippen LogP contribution in [0.2, 0.25) is 0 Å². The van der Waals surface area contributed by atoms with Crippen molar-refractivity contribution in [3.63, 3.8) is 0 Å². The number of carbonyl (C=O) groups excluding carboxylic acids is 2. The van der Waals surface area contributed by atoms with Crippen LogP contribution in [-0.2, 0) is 9.47 Å². The molecule has 0 N–H and O–H groups in total. The van der Waals surface area contributed by atoms with Gasteiger partial charge in [-0.1, -0.05) is 0 Å². The molecule has 7 heteroatoms. The number of likely N-dealkylation sites (tertiary alicyclic amines) is 1. The summed E-state index contributed by atoms with van der Waals surface area (Å²) in [6, 6.07) is 0. The van der Waals surface area contributed by atoms with Gasteiger partial charge >= 0.3 is 12.1 Å². The summed E-state index contributed by atoms with van der Waals surface area (Å²) in [5, 5.41) is 2.58. The lowest BCUT2D eigenvalue weighted by atomic mass is 10.1. The quantitative estimate of drug-likeness (QED) is 0.799. The summed E-state index contributed by atoms with van der Waals surface area (Å²) in [5.74, 6) is -0.243. The molecule has 22 heavy (non-hydrogen) atoms. The monoisotopic (exact) mass is 326 g/mol. The van der Waals surface area contributed by atoms with Crippen LogP contribution < -0.4 is 0 Å². The van der Waals surface area contributed by atoms with E-state index in [0.29, 0.717) is 25.4 Å². The second-order valence-electron chi connectivity index (χ2n) is 6.20. The van der Waals surface area contributed by atoms with Crippen LogP contribution in [0.4, 0.5) is 4.79 Å². The Morgan fingerprint density at radius 1 is 1.45 bits per heavy atom. The number of esters is 1. The third-order valence-electron chi connectivity index (χ3n) is 3.20. The highest BCUT2D eigenvalue weighted by molar-refractivity contribution is 7.09. The zero-order valence-electron chi connectivity index (χ0n) is 13.4. The molecule has 2 rings (SSSR count). The fraction of sp³-hybridized carbons (Fsp3) is 0.667. The van der Waals surface area contributed by atoms with Gasteiger partial charge in [-0.25, -0.2) is 14.6 Å². The van der Waals surface area contributed by atoms with Gasteiger partial charge in [0.25, 0.3) is 0 Å². The average molecular weight is 326 g/mol. The Kier molecular flexibility index (Phi) is 5.05. The van der Waals surface area contributed by atoms with E-state index in [1.54, 1.807) is 17.2 Å². The van der Waals surface area contributed by atoms with E-state index in [4.69, 9.17) is 9.47 Å². The molecule has 6 nitrogen and oxygen atoms in total. The normalized spacial score (nSPS) is 18.4. The van der Waals surface area contributed by atoms with E-state index >= 15 is 0 Å². The van der Waals surface area contributed by atoms with Crippen molar-refractivity contribution in [3.8, 4) is 0 Å². The summed E-state index contributed by atoms with van der Waals surface area (Å²) in [7, 11) is 0. The van der Waals surface area contributed by atoms with Crippen molar-refractivity contribution in [3.05, 3.63) is 16.1 Å². The maximum atomic E-state index is 12.0. The molecule has 0 radical (unpaired) electrons. The summed E-state index contributed by atoms with van der Waals surface area (Å²) < 4.78 is 10.3. The first-order valence-electron chi connectivity index (χ1n) is 7.40. The van der Waals surface area contributed by atoms with Crippen LogP contribution in [0, 0.1) is 0 Å². The Hall–Kier alpha value is -1.63. The smallest absolute Gasteiger partial charge is 0.410 e. The van der Waals surface area contributed by atoms with Crippen LogP contribution in [-0.4, -0.2) is 47.2 Å². The Bertz CT molecular complexity index is 550. The molecule has 1 aromatic rings. The van der Waals surface area contributed by atoms with Crippen molar-refractivity contribution in [1.29, 1.82) is 0 Å². The van der Waals surface area contributed by atoms with Crippen LogP contribution in [0.5, 0.6) is 0 Å². The lowest BCUT2D eigenvalue weighted by Crippen LogP contribution is -2.35. The number of nitrogens with zero attached hydrogens (tertiary/aromatic N) is 2. The van der Waals surface area contributed by atoms with E-state index in [2.05, 4.69) is 4.98 Å². The van der Waals surface area contributed by atoms with Crippen molar-refractivity contribution < 1.29 is 19.1 Å². The maximum absolute atomic E-state index is 12.0. The fourth-order valence-corrected chi connectivity index (χ4v) is 3.15. The number of hydrogen-bond donors (Lipinski definition) is 0. The topological polar surface area (TPSA) is 68.7 Å². The Morgan fingerprint density at radius 2 is 2.18 bits per heavy atom.